The van der Waals surface area contributed by atoms with E-state index in [4.69, 9.17) is 11.6 Å². The van der Waals surface area contributed by atoms with Crippen LogP contribution in [0.4, 0.5) is 5.82 Å². The van der Waals surface area contributed by atoms with Gasteiger partial charge in [0.2, 0.25) is 5.91 Å². The van der Waals surface area contributed by atoms with Crippen LogP contribution in [0.5, 0.6) is 0 Å². The Kier molecular flexibility index (Phi) is 6.22. The number of benzene rings is 1. The minimum atomic E-state index is -3.80. The topological polar surface area (TPSA) is 82.6 Å². The second-order valence-corrected chi connectivity index (χ2v) is 8.94. The molecule has 3 rings (SSSR count). The van der Waals surface area contributed by atoms with E-state index in [9.17, 15) is 13.2 Å². The molecule has 1 N–H and O–H groups in total. The summed E-state index contributed by atoms with van der Waals surface area (Å²) in [5.74, 6) is 0.0925. The molecule has 150 valence electrons. The first kappa shape index (κ1) is 20.6. The van der Waals surface area contributed by atoms with E-state index in [1.165, 1.54) is 12.1 Å². The number of sulfonamides is 1. The Morgan fingerprint density at radius 2 is 1.82 bits per heavy atom. The van der Waals surface area contributed by atoms with Crippen molar-refractivity contribution in [2.75, 3.05) is 37.9 Å². The number of pyridine rings is 1. The Labute approximate surface area is 170 Å². The smallest absolute Gasteiger partial charge is 0.263 e. The van der Waals surface area contributed by atoms with Gasteiger partial charge in [-0.25, -0.2) is 13.4 Å². The van der Waals surface area contributed by atoms with Crippen molar-refractivity contribution in [3.05, 3.63) is 52.7 Å². The van der Waals surface area contributed by atoms with Crippen LogP contribution in [-0.4, -0.2) is 62.3 Å². The minimum Gasteiger partial charge on any atom is -0.340 e. The summed E-state index contributed by atoms with van der Waals surface area (Å²) in [6.07, 6.45) is 0.0732. The zero-order valence-corrected chi connectivity index (χ0v) is 17.4. The molecule has 0 aliphatic carbocycles. The molecule has 1 aliphatic heterocycles. The van der Waals surface area contributed by atoms with Crippen LogP contribution in [0.3, 0.4) is 0 Å². The Morgan fingerprint density at radius 1 is 1.18 bits per heavy atom. The lowest BCUT2D eigenvalue weighted by molar-refractivity contribution is -0.132. The van der Waals surface area contributed by atoms with Crippen LogP contribution in [-0.2, 0) is 21.2 Å². The summed E-state index contributed by atoms with van der Waals surface area (Å²) in [6, 6.07) is 9.65. The average molecular weight is 423 g/mol. The zero-order chi connectivity index (χ0) is 20.3. The summed E-state index contributed by atoms with van der Waals surface area (Å²) in [5.41, 5.74) is 0.947. The predicted octanol–water partition coefficient (Wildman–Crippen LogP) is 2.16. The summed E-state index contributed by atoms with van der Waals surface area (Å²) in [4.78, 5) is 21.0. The second kappa shape index (κ2) is 8.46. The summed E-state index contributed by atoms with van der Waals surface area (Å²) < 4.78 is 27.7. The largest absolute Gasteiger partial charge is 0.340 e. The molecular weight excluding hydrogens is 400 g/mol. The maximum Gasteiger partial charge on any atom is 0.263 e. The quantitative estimate of drug-likeness (QED) is 0.798. The molecule has 28 heavy (non-hydrogen) atoms. The molecule has 1 aromatic carbocycles. The number of likely N-dealkylation sites (N-methyl/N-ethyl adjacent to an activating group) is 1. The van der Waals surface area contributed by atoms with Gasteiger partial charge in [-0.2, -0.15) is 0 Å². The van der Waals surface area contributed by atoms with E-state index < -0.39 is 10.0 Å². The molecule has 0 saturated carbocycles. The van der Waals surface area contributed by atoms with Crippen molar-refractivity contribution in [3.8, 4) is 0 Å². The number of piperazine rings is 1. The number of carbonyl (C=O) groups excluding carboxylic acids is 1. The molecule has 0 bridgehead atoms. The van der Waals surface area contributed by atoms with Gasteiger partial charge in [0.1, 0.15) is 5.82 Å². The van der Waals surface area contributed by atoms with E-state index in [0.29, 0.717) is 29.4 Å². The van der Waals surface area contributed by atoms with Crippen molar-refractivity contribution in [2.24, 2.45) is 0 Å². The first-order chi connectivity index (χ1) is 13.3. The maximum atomic E-state index is 12.6. The van der Waals surface area contributed by atoms with E-state index >= 15 is 0 Å². The minimum absolute atomic E-state index is 0.0441. The lowest BCUT2D eigenvalue weighted by atomic mass is 10.2. The Hall–Kier alpha value is -2.16. The number of rotatable bonds is 5. The summed E-state index contributed by atoms with van der Waals surface area (Å²) >= 11 is 6.28. The van der Waals surface area contributed by atoms with Crippen molar-refractivity contribution in [1.82, 2.24) is 14.8 Å². The fourth-order valence-corrected chi connectivity index (χ4v) is 4.23. The van der Waals surface area contributed by atoms with Crippen LogP contribution in [0.25, 0.3) is 0 Å². The lowest BCUT2D eigenvalue weighted by Crippen LogP contribution is -2.47. The molecule has 1 aromatic heterocycles. The molecule has 1 saturated heterocycles. The van der Waals surface area contributed by atoms with Crippen molar-refractivity contribution in [2.45, 2.75) is 18.2 Å². The number of hydrogen-bond acceptors (Lipinski definition) is 5. The predicted molar refractivity (Wildman–Crippen MR) is 109 cm³/mol. The van der Waals surface area contributed by atoms with Crippen LogP contribution in [0, 0.1) is 6.92 Å². The highest BCUT2D eigenvalue weighted by atomic mass is 35.5. The third kappa shape index (κ3) is 4.81. The molecule has 2 heterocycles. The van der Waals surface area contributed by atoms with E-state index in [-0.39, 0.29) is 23.0 Å². The van der Waals surface area contributed by atoms with Crippen LogP contribution in [0.15, 0.2) is 41.3 Å². The summed E-state index contributed by atoms with van der Waals surface area (Å²) in [6.45, 7) is 4.68. The average Bonchev–Trinajstić information content (AvgIpc) is 2.66. The fourth-order valence-electron chi connectivity index (χ4n) is 2.93. The van der Waals surface area contributed by atoms with E-state index in [2.05, 4.69) is 14.6 Å². The summed E-state index contributed by atoms with van der Waals surface area (Å²) in [5, 5.41) is 0.363. The number of halogens is 1. The van der Waals surface area contributed by atoms with Gasteiger partial charge in [0.15, 0.2) is 0 Å². The first-order valence-corrected chi connectivity index (χ1v) is 10.8. The molecule has 7 nitrogen and oxygen atoms in total. The van der Waals surface area contributed by atoms with E-state index in [0.717, 1.165) is 13.1 Å². The number of carbonyl (C=O) groups is 1. The van der Waals surface area contributed by atoms with Crippen LogP contribution in [0.2, 0.25) is 5.02 Å². The Balaban J connectivity index is 1.80. The number of hydrogen-bond donors (Lipinski definition) is 1. The molecule has 1 aliphatic rings. The third-order valence-corrected chi connectivity index (χ3v) is 6.48. The lowest BCUT2D eigenvalue weighted by Gasteiger charge is -2.32. The van der Waals surface area contributed by atoms with E-state index in [1.807, 2.05) is 7.05 Å². The van der Waals surface area contributed by atoms with Crippen molar-refractivity contribution >= 4 is 33.3 Å². The molecule has 9 heteroatoms. The molecule has 2 aromatic rings. The molecule has 0 radical (unpaired) electrons. The van der Waals surface area contributed by atoms with Gasteiger partial charge in [-0.1, -0.05) is 29.8 Å². The first-order valence-electron chi connectivity index (χ1n) is 8.96. The van der Waals surface area contributed by atoms with Crippen molar-refractivity contribution < 1.29 is 13.2 Å². The van der Waals surface area contributed by atoms with Gasteiger partial charge >= 0.3 is 0 Å². The number of nitrogens with zero attached hydrogens (tertiary/aromatic N) is 3. The molecule has 0 atom stereocenters. The highest BCUT2D eigenvalue weighted by Crippen LogP contribution is 2.25. The highest BCUT2D eigenvalue weighted by molar-refractivity contribution is 7.92. The van der Waals surface area contributed by atoms with Gasteiger partial charge in [-0.15, -0.1) is 0 Å². The molecule has 1 fully saturated rings. The third-order valence-electron chi connectivity index (χ3n) is 4.74. The Bertz CT molecular complexity index is 959. The highest BCUT2D eigenvalue weighted by Gasteiger charge is 2.22. The monoisotopic (exact) mass is 422 g/mol. The normalized spacial score (nSPS) is 15.5. The zero-order valence-electron chi connectivity index (χ0n) is 15.9. The van der Waals surface area contributed by atoms with Gasteiger partial charge in [0.05, 0.1) is 17.0 Å². The van der Waals surface area contributed by atoms with Gasteiger partial charge in [0.25, 0.3) is 10.0 Å². The van der Waals surface area contributed by atoms with Crippen LogP contribution < -0.4 is 4.72 Å². The maximum absolute atomic E-state index is 12.6. The molecular formula is C19H23ClN4O3S. The summed E-state index contributed by atoms with van der Waals surface area (Å²) in [7, 11) is -1.77. The SMILES string of the molecule is Cc1c(Cl)cc(CC(=O)N2CCN(C)CC2)nc1NS(=O)(=O)c1ccccc1. The standard InChI is InChI=1S/C19H23ClN4O3S/c1-14-17(20)12-15(13-18(25)24-10-8-23(2)9-11-24)21-19(14)22-28(26,27)16-6-4-3-5-7-16/h3-7,12H,8-11,13H2,1-2H3,(H,21,22). The molecule has 0 unspecified atom stereocenters. The van der Waals surface area contributed by atoms with Gasteiger partial charge in [-0.05, 0) is 32.2 Å². The van der Waals surface area contributed by atoms with Gasteiger partial charge < -0.3 is 9.80 Å². The van der Waals surface area contributed by atoms with Gasteiger partial charge in [0, 0.05) is 36.8 Å². The number of nitrogens with one attached hydrogen (secondary N) is 1. The van der Waals surface area contributed by atoms with Crippen LogP contribution >= 0.6 is 11.6 Å². The van der Waals surface area contributed by atoms with Gasteiger partial charge in [-0.3, -0.25) is 9.52 Å². The number of aromatic nitrogens is 1. The number of anilines is 1. The Morgan fingerprint density at radius 3 is 2.46 bits per heavy atom. The van der Waals surface area contributed by atoms with Crippen LogP contribution in [0.1, 0.15) is 11.3 Å². The van der Waals surface area contributed by atoms with Crippen molar-refractivity contribution in [3.63, 3.8) is 0 Å². The fraction of sp³-hybridized carbons (Fsp3) is 0.368. The second-order valence-electron chi connectivity index (χ2n) is 6.85. The molecule has 1 amide bonds. The van der Waals surface area contributed by atoms with E-state index in [1.54, 1.807) is 36.1 Å². The molecule has 0 spiro atoms. The van der Waals surface area contributed by atoms with Crippen molar-refractivity contribution in [1.29, 1.82) is 0 Å². The number of amides is 1.